The molecule has 0 aliphatic heterocycles. The van der Waals surface area contributed by atoms with Crippen molar-refractivity contribution in [2.75, 3.05) is 6.61 Å². The summed E-state index contributed by atoms with van der Waals surface area (Å²) < 4.78 is 4.86. The maximum absolute atomic E-state index is 11.4. The summed E-state index contributed by atoms with van der Waals surface area (Å²) in [5, 5.41) is 2.58. The minimum Gasteiger partial charge on any atom is -0.464 e. The molecule has 0 radical (unpaired) electrons. The fraction of sp³-hybridized carbons (Fsp3) is 0.636. The Balaban J connectivity index is 4.10. The normalized spacial score (nSPS) is 11.6. The van der Waals surface area contributed by atoms with Crippen LogP contribution >= 0.6 is 0 Å². The number of carbonyl (C=O) groups excluding carboxylic acids is 2. The summed E-state index contributed by atoms with van der Waals surface area (Å²) in [5.41, 5.74) is 0. The average molecular weight is 213 g/mol. The summed E-state index contributed by atoms with van der Waals surface area (Å²) >= 11 is 0. The zero-order chi connectivity index (χ0) is 11.7. The summed E-state index contributed by atoms with van der Waals surface area (Å²) in [6, 6.07) is -0.526. The van der Waals surface area contributed by atoms with Crippen molar-refractivity contribution >= 4 is 11.9 Å². The van der Waals surface area contributed by atoms with Gasteiger partial charge in [-0.15, -0.1) is 6.58 Å². The molecule has 0 saturated heterocycles. The zero-order valence-electron chi connectivity index (χ0n) is 9.41. The predicted molar refractivity (Wildman–Crippen MR) is 58.3 cm³/mol. The zero-order valence-corrected chi connectivity index (χ0v) is 9.41. The first-order valence-electron chi connectivity index (χ1n) is 5.16. The summed E-state index contributed by atoms with van der Waals surface area (Å²) in [6.07, 6.45) is 4.02. The third-order valence-electron chi connectivity index (χ3n) is 1.85. The molecule has 1 amide bonds. The Labute approximate surface area is 90.7 Å². The Morgan fingerprint density at radius 1 is 1.53 bits per heavy atom. The van der Waals surface area contributed by atoms with Crippen LogP contribution in [0.4, 0.5) is 0 Å². The molecule has 86 valence electrons. The minimum absolute atomic E-state index is 0.216. The van der Waals surface area contributed by atoms with Gasteiger partial charge in [0.25, 0.3) is 0 Å². The average Bonchev–Trinajstić information content (AvgIpc) is 2.16. The van der Waals surface area contributed by atoms with Crippen LogP contribution in [-0.2, 0) is 14.3 Å². The third kappa shape index (κ3) is 6.71. The predicted octanol–water partition coefficient (Wildman–Crippen LogP) is 1.41. The molecule has 0 saturated carbocycles. The van der Waals surface area contributed by atoms with Crippen molar-refractivity contribution in [2.24, 2.45) is 0 Å². The fourth-order valence-electron chi connectivity index (χ4n) is 1.20. The molecule has 0 spiro atoms. The van der Waals surface area contributed by atoms with Crippen LogP contribution in [0.3, 0.4) is 0 Å². The van der Waals surface area contributed by atoms with Gasteiger partial charge in [-0.05, 0) is 26.2 Å². The first kappa shape index (κ1) is 13.7. The highest BCUT2D eigenvalue weighted by Gasteiger charge is 2.19. The van der Waals surface area contributed by atoms with E-state index in [9.17, 15) is 9.59 Å². The number of amides is 1. The fourth-order valence-corrected chi connectivity index (χ4v) is 1.20. The number of hydrogen-bond donors (Lipinski definition) is 1. The van der Waals surface area contributed by atoms with Gasteiger partial charge < -0.3 is 10.1 Å². The van der Waals surface area contributed by atoms with E-state index in [4.69, 9.17) is 4.74 Å². The maximum atomic E-state index is 11.4. The van der Waals surface area contributed by atoms with Crippen LogP contribution in [0.2, 0.25) is 0 Å². The van der Waals surface area contributed by atoms with Crippen LogP contribution in [0.1, 0.15) is 33.1 Å². The van der Waals surface area contributed by atoms with Crippen molar-refractivity contribution in [1.29, 1.82) is 0 Å². The Hall–Kier alpha value is -1.32. The minimum atomic E-state index is -0.526. The number of esters is 1. The van der Waals surface area contributed by atoms with Gasteiger partial charge in [-0.25, -0.2) is 4.79 Å². The molecule has 1 atom stereocenters. The van der Waals surface area contributed by atoms with E-state index >= 15 is 0 Å². The number of hydrogen-bond acceptors (Lipinski definition) is 3. The number of unbranched alkanes of at least 4 members (excludes halogenated alkanes) is 1. The van der Waals surface area contributed by atoms with Crippen LogP contribution in [-0.4, -0.2) is 24.5 Å². The third-order valence-corrected chi connectivity index (χ3v) is 1.85. The molecule has 0 unspecified atom stereocenters. The van der Waals surface area contributed by atoms with Gasteiger partial charge in [0.2, 0.25) is 5.91 Å². The topological polar surface area (TPSA) is 55.4 Å². The van der Waals surface area contributed by atoms with E-state index in [1.807, 2.05) is 0 Å². The smallest absolute Gasteiger partial charge is 0.328 e. The van der Waals surface area contributed by atoms with Crippen LogP contribution < -0.4 is 5.32 Å². The van der Waals surface area contributed by atoms with E-state index < -0.39 is 6.04 Å². The van der Waals surface area contributed by atoms with Crippen LogP contribution in [0.25, 0.3) is 0 Å². The van der Waals surface area contributed by atoms with E-state index in [0.717, 1.165) is 12.8 Å². The van der Waals surface area contributed by atoms with Gasteiger partial charge in [-0.2, -0.15) is 0 Å². The molecule has 15 heavy (non-hydrogen) atoms. The number of allylic oxidation sites excluding steroid dienone is 1. The van der Waals surface area contributed by atoms with Crippen molar-refractivity contribution in [2.45, 2.75) is 39.2 Å². The molecule has 1 N–H and O–H groups in total. The van der Waals surface area contributed by atoms with Crippen LogP contribution in [0.5, 0.6) is 0 Å². The molecular formula is C11H19NO3. The van der Waals surface area contributed by atoms with E-state index in [1.54, 1.807) is 13.0 Å². The van der Waals surface area contributed by atoms with Gasteiger partial charge in [0, 0.05) is 6.92 Å². The van der Waals surface area contributed by atoms with Crippen molar-refractivity contribution in [3.63, 3.8) is 0 Å². The van der Waals surface area contributed by atoms with Crippen molar-refractivity contribution in [1.82, 2.24) is 5.32 Å². The van der Waals surface area contributed by atoms with Gasteiger partial charge in [0.15, 0.2) is 0 Å². The second kappa shape index (κ2) is 8.03. The molecule has 0 rings (SSSR count). The Bertz CT molecular complexity index is 226. The van der Waals surface area contributed by atoms with Crippen LogP contribution in [0.15, 0.2) is 12.7 Å². The summed E-state index contributed by atoms with van der Waals surface area (Å²) in [6.45, 7) is 7.06. The number of carbonyl (C=O) groups is 2. The van der Waals surface area contributed by atoms with Crippen molar-refractivity contribution < 1.29 is 14.3 Å². The van der Waals surface area contributed by atoms with E-state index in [1.165, 1.54) is 6.92 Å². The second-order valence-corrected chi connectivity index (χ2v) is 3.22. The van der Waals surface area contributed by atoms with Gasteiger partial charge in [-0.1, -0.05) is 6.08 Å². The lowest BCUT2D eigenvalue weighted by molar-refractivity contribution is -0.147. The molecule has 0 aromatic carbocycles. The molecule has 0 heterocycles. The lowest BCUT2D eigenvalue weighted by Crippen LogP contribution is -2.40. The van der Waals surface area contributed by atoms with E-state index in [-0.39, 0.29) is 11.9 Å². The van der Waals surface area contributed by atoms with Gasteiger partial charge in [0.1, 0.15) is 6.04 Å². The highest BCUT2D eigenvalue weighted by Crippen LogP contribution is 2.03. The summed E-state index contributed by atoms with van der Waals surface area (Å²) in [7, 11) is 0. The molecule has 4 nitrogen and oxygen atoms in total. The molecule has 0 bridgehead atoms. The monoisotopic (exact) mass is 213 g/mol. The van der Waals surface area contributed by atoms with E-state index in [2.05, 4.69) is 11.9 Å². The molecule has 0 aliphatic rings. The Morgan fingerprint density at radius 3 is 2.67 bits per heavy atom. The quantitative estimate of drug-likeness (QED) is 0.395. The molecule has 0 aliphatic carbocycles. The molecular weight excluding hydrogens is 194 g/mol. The summed E-state index contributed by atoms with van der Waals surface area (Å²) in [5.74, 6) is -0.580. The second-order valence-electron chi connectivity index (χ2n) is 3.22. The SMILES string of the molecule is C=CCCC[C@H](NC(C)=O)C(=O)OCC. The molecule has 4 heteroatoms. The summed E-state index contributed by atoms with van der Waals surface area (Å²) in [4.78, 5) is 22.3. The number of rotatable bonds is 7. The standard InChI is InChI=1S/C11H19NO3/c1-4-6-7-8-10(12-9(3)13)11(14)15-5-2/h4,10H,1,5-8H2,2-3H3,(H,12,13)/t10-/m0/s1. The first-order valence-corrected chi connectivity index (χ1v) is 5.16. The van der Waals surface area contributed by atoms with Gasteiger partial charge >= 0.3 is 5.97 Å². The van der Waals surface area contributed by atoms with Gasteiger partial charge in [-0.3, -0.25) is 4.79 Å². The number of nitrogens with one attached hydrogen (secondary N) is 1. The van der Waals surface area contributed by atoms with E-state index in [0.29, 0.717) is 13.0 Å². The first-order chi connectivity index (χ1) is 7.11. The lowest BCUT2D eigenvalue weighted by atomic mass is 10.1. The highest BCUT2D eigenvalue weighted by molar-refractivity contribution is 5.83. The Morgan fingerprint density at radius 2 is 2.20 bits per heavy atom. The molecule has 0 aromatic heterocycles. The Kier molecular flexibility index (Phi) is 7.32. The van der Waals surface area contributed by atoms with Gasteiger partial charge in [0.05, 0.1) is 6.61 Å². The highest BCUT2D eigenvalue weighted by atomic mass is 16.5. The maximum Gasteiger partial charge on any atom is 0.328 e. The van der Waals surface area contributed by atoms with Crippen molar-refractivity contribution in [3.8, 4) is 0 Å². The number of ether oxygens (including phenoxy) is 1. The lowest BCUT2D eigenvalue weighted by Gasteiger charge is -2.15. The van der Waals surface area contributed by atoms with Crippen molar-refractivity contribution in [3.05, 3.63) is 12.7 Å². The largest absolute Gasteiger partial charge is 0.464 e. The molecule has 0 fully saturated rings. The molecule has 0 aromatic rings. The van der Waals surface area contributed by atoms with Crippen LogP contribution in [0, 0.1) is 0 Å².